The molecule has 0 aromatic rings. The van der Waals surface area contributed by atoms with Crippen molar-refractivity contribution in [2.75, 3.05) is 13.2 Å². The van der Waals surface area contributed by atoms with E-state index in [1.54, 1.807) is 6.08 Å². The van der Waals surface area contributed by atoms with Crippen molar-refractivity contribution in [2.24, 2.45) is 17.8 Å². The maximum absolute atomic E-state index is 12.6. The van der Waals surface area contributed by atoms with Gasteiger partial charge in [0.1, 0.15) is 67.6 Å². The van der Waals surface area contributed by atoms with Crippen LogP contribution in [0.4, 0.5) is 0 Å². The van der Waals surface area contributed by atoms with E-state index in [9.17, 15) is 66.1 Å². The number of rotatable bonds is 10. The fraction of sp³-hybridized carbons (Fsp3) is 0.917. The Morgan fingerprint density at radius 1 is 0.636 bits per heavy atom. The third-order valence-corrected chi connectivity index (χ3v) is 12.4. The Kier molecular flexibility index (Phi) is 14.6. The summed E-state index contributed by atoms with van der Waals surface area (Å²) >= 11 is 0. The first-order valence-corrected chi connectivity index (χ1v) is 19.4. The minimum Gasteiger partial charge on any atom is -0.460 e. The number of hydrogen-bond donors (Lipinski definition) is 12. The second-order valence-corrected chi connectivity index (χ2v) is 16.2. The van der Waals surface area contributed by atoms with Gasteiger partial charge in [-0.2, -0.15) is 0 Å². The number of carbonyl (C=O) groups excluding carboxylic acids is 1. The molecule has 6 rings (SSSR count). The van der Waals surface area contributed by atoms with Crippen LogP contribution >= 0.6 is 0 Å². The zero-order chi connectivity index (χ0) is 39.7. The van der Waals surface area contributed by atoms with E-state index < -0.39 is 141 Å². The summed E-state index contributed by atoms with van der Waals surface area (Å²) in [5, 5.41) is 126. The maximum atomic E-state index is 12.6. The summed E-state index contributed by atoms with van der Waals surface area (Å²) in [6.45, 7) is -1.19. The van der Waals surface area contributed by atoms with Crippen molar-refractivity contribution >= 4 is 5.97 Å². The third-order valence-electron chi connectivity index (χ3n) is 12.4. The average molecular weight is 796 g/mol. The van der Waals surface area contributed by atoms with Crippen LogP contribution in [0.5, 0.6) is 0 Å². The molecule has 0 aromatic carbocycles. The van der Waals surface area contributed by atoms with Gasteiger partial charge >= 0.3 is 5.97 Å². The molecule has 3 saturated carbocycles. The molecule has 3 aliphatic heterocycles. The van der Waals surface area contributed by atoms with Crippen molar-refractivity contribution in [1.82, 2.24) is 0 Å². The Bertz CT molecular complexity index is 1250. The van der Waals surface area contributed by atoms with E-state index in [0.29, 0.717) is 12.8 Å². The van der Waals surface area contributed by atoms with Crippen LogP contribution in [0.25, 0.3) is 0 Å². The van der Waals surface area contributed by atoms with Gasteiger partial charge in [-0.3, -0.25) is 0 Å². The molecule has 0 amide bonds. The quantitative estimate of drug-likeness (QED) is 0.0559. The number of hydrogen-bond acceptors (Lipinski definition) is 18. The molecule has 316 valence electrons. The first-order valence-electron chi connectivity index (χ1n) is 19.4. The number of ether oxygens (including phenoxy) is 6. The Labute approximate surface area is 317 Å². The zero-order valence-corrected chi connectivity index (χ0v) is 30.4. The van der Waals surface area contributed by atoms with E-state index in [4.69, 9.17) is 28.4 Å². The third kappa shape index (κ3) is 9.88. The van der Waals surface area contributed by atoms with Gasteiger partial charge in [0, 0.05) is 24.8 Å². The van der Waals surface area contributed by atoms with Gasteiger partial charge in [0.25, 0.3) is 0 Å². The van der Waals surface area contributed by atoms with E-state index in [2.05, 4.69) is 0 Å². The molecule has 19 nitrogen and oxygen atoms in total. The molecule has 0 radical (unpaired) electrons. The van der Waals surface area contributed by atoms with E-state index in [1.165, 1.54) is 6.08 Å². The van der Waals surface area contributed by atoms with Crippen LogP contribution in [0.3, 0.4) is 0 Å². The fourth-order valence-corrected chi connectivity index (χ4v) is 9.11. The van der Waals surface area contributed by atoms with Crippen LogP contribution in [0, 0.1) is 17.8 Å². The number of allylic oxidation sites excluding steroid dienone is 1. The largest absolute Gasteiger partial charge is 0.460 e. The highest BCUT2D eigenvalue weighted by Crippen LogP contribution is 2.44. The number of aliphatic hydroxyl groups is 14. The molecular weight excluding hydrogens is 736 g/mol. The number of aliphatic hydroxyl groups excluding tert-OH is 12. The molecule has 0 bridgehead atoms. The molecule has 8 unspecified atom stereocenters. The van der Waals surface area contributed by atoms with Gasteiger partial charge in [-0.1, -0.05) is 6.08 Å². The standard InChI is InChI=1S/C36H58O19/c37-12-24-28(44)30(46)32(48)35(54-24)52-22-10-17(39)9-21-18(22)11-23(34(51-21)15-7-19(40)27(43)20(41)8-15)53-36-33(49)31(47)29(45)25(55-36)13-50-26(42)6-3-14-1-4-16(38)5-2-14/h3,6,14-25,27-41,43-49H,1-2,4-5,7-13H2/p+1/t14?,15?,16?,17?,18?,19?,20?,21?,22?,23?,24-,25-,27?,28-,29-,30+,31+,32-,33-,34?,35-,36-/m1/s1. The number of fused-ring (bicyclic) bond motifs is 1. The van der Waals surface area contributed by atoms with Gasteiger partial charge in [0.15, 0.2) is 24.8 Å². The van der Waals surface area contributed by atoms with Gasteiger partial charge < -0.3 is 89.7 Å². The topological polar surface area (TPSA) is 319 Å². The maximum Gasteiger partial charge on any atom is 0.330 e. The van der Waals surface area contributed by atoms with Crippen LogP contribution in [0.15, 0.2) is 12.2 Å². The van der Waals surface area contributed by atoms with Gasteiger partial charge in [0.2, 0.25) is 0 Å². The summed E-state index contributed by atoms with van der Waals surface area (Å²) < 4.78 is 34.3. The molecule has 18 atom stereocenters. The Hall–Kier alpha value is -1.47. The minimum atomic E-state index is -1.79. The molecule has 6 aliphatic rings. The minimum absolute atomic E-state index is 0.0138. The van der Waals surface area contributed by atoms with Crippen molar-refractivity contribution in [3.8, 4) is 0 Å². The molecular formula is C36H59O19+. The molecule has 13 N–H and O–H groups in total. The number of esters is 1. The predicted molar refractivity (Wildman–Crippen MR) is 182 cm³/mol. The van der Waals surface area contributed by atoms with Gasteiger partial charge in [0.05, 0.1) is 43.0 Å². The second kappa shape index (κ2) is 18.6. The van der Waals surface area contributed by atoms with Crippen LogP contribution in [-0.2, 0) is 28.5 Å². The van der Waals surface area contributed by atoms with E-state index in [0.717, 1.165) is 12.8 Å². The van der Waals surface area contributed by atoms with Crippen LogP contribution in [-0.4, -0.2) is 202 Å². The molecule has 3 saturated heterocycles. The van der Waals surface area contributed by atoms with Crippen molar-refractivity contribution in [3.63, 3.8) is 0 Å². The summed E-state index contributed by atoms with van der Waals surface area (Å²) in [5.74, 6) is -1.76. The van der Waals surface area contributed by atoms with Crippen molar-refractivity contribution in [3.05, 3.63) is 12.2 Å². The molecule has 0 aromatic heterocycles. The highest BCUT2D eigenvalue weighted by atomic mass is 16.7. The Morgan fingerprint density at radius 2 is 1.22 bits per heavy atom. The zero-order valence-electron chi connectivity index (χ0n) is 30.4. The van der Waals surface area contributed by atoms with Crippen LogP contribution in [0.2, 0.25) is 0 Å². The first kappa shape index (κ1) is 43.1. The monoisotopic (exact) mass is 795 g/mol. The smallest absolute Gasteiger partial charge is 0.330 e. The highest BCUT2D eigenvalue weighted by molar-refractivity contribution is 5.81. The van der Waals surface area contributed by atoms with Crippen LogP contribution < -0.4 is 0 Å². The predicted octanol–water partition coefficient (Wildman–Crippen LogP) is -5.05. The molecule has 55 heavy (non-hydrogen) atoms. The lowest BCUT2D eigenvalue weighted by Gasteiger charge is -2.50. The lowest BCUT2D eigenvalue weighted by atomic mass is 9.72. The summed E-state index contributed by atoms with van der Waals surface area (Å²) in [7, 11) is 0. The lowest BCUT2D eigenvalue weighted by molar-refractivity contribution is -0.368. The van der Waals surface area contributed by atoms with Crippen molar-refractivity contribution in [2.45, 2.75) is 174 Å². The Morgan fingerprint density at radius 3 is 1.84 bits per heavy atom. The lowest BCUT2D eigenvalue weighted by Crippen LogP contribution is -2.64. The molecule has 19 heteroatoms. The van der Waals surface area contributed by atoms with E-state index >= 15 is 0 Å². The normalized spacial score (nSPS) is 51.1. The van der Waals surface area contributed by atoms with Gasteiger partial charge in [-0.25, -0.2) is 4.79 Å². The van der Waals surface area contributed by atoms with Crippen molar-refractivity contribution in [1.29, 1.82) is 0 Å². The summed E-state index contributed by atoms with van der Waals surface area (Å²) in [6, 6.07) is 0. The second-order valence-electron chi connectivity index (χ2n) is 16.2. The first-order chi connectivity index (χ1) is 26.1. The summed E-state index contributed by atoms with van der Waals surface area (Å²) in [5.41, 5.74) is 0. The molecule has 0 spiro atoms. The van der Waals surface area contributed by atoms with Gasteiger partial charge in [-0.05, 0) is 50.9 Å². The summed E-state index contributed by atoms with van der Waals surface area (Å²) in [4.78, 5) is 12.6. The number of carbonyl (C=O) groups is 1. The molecule has 3 aliphatic carbocycles. The van der Waals surface area contributed by atoms with Crippen LogP contribution in [0.1, 0.15) is 57.8 Å². The highest BCUT2D eigenvalue weighted by Gasteiger charge is 2.57. The SMILES string of the molecule is O=C(C=CC1CCC(O)CC1)OC[C@H]1O[C@@H](OC2CC3C(O[C@@H]4O[C@H](CO)[C@@H](O)[C@H](O)[C@H]4O)CC(O)CC3[OH+]C2C2CC(O)C(O)C(O)C2)[C@H](O)[C@@H](O)[C@@H]1O. The van der Waals surface area contributed by atoms with E-state index in [-0.39, 0.29) is 44.1 Å². The molecule has 3 heterocycles. The summed E-state index contributed by atoms with van der Waals surface area (Å²) in [6.07, 6.45) is -18.6. The van der Waals surface area contributed by atoms with Gasteiger partial charge in [-0.15, -0.1) is 0 Å². The van der Waals surface area contributed by atoms with E-state index in [1.807, 2.05) is 0 Å². The Balaban J connectivity index is 1.18. The van der Waals surface area contributed by atoms with Crippen molar-refractivity contribution < 1.29 is 94.5 Å². The average Bonchev–Trinajstić information content (AvgIpc) is 3.16. The fourth-order valence-electron chi connectivity index (χ4n) is 9.11. The molecule has 6 fully saturated rings.